The van der Waals surface area contributed by atoms with Gasteiger partial charge in [0, 0.05) is 11.3 Å². The van der Waals surface area contributed by atoms with Crippen LogP contribution in [0.5, 0.6) is 0 Å². The number of para-hydroxylation sites is 1. The van der Waals surface area contributed by atoms with E-state index in [1.54, 1.807) is 12.1 Å². The van der Waals surface area contributed by atoms with E-state index in [4.69, 9.17) is 0 Å². The van der Waals surface area contributed by atoms with Crippen molar-refractivity contribution in [2.24, 2.45) is 0 Å². The Morgan fingerprint density at radius 3 is 2.16 bits per heavy atom. The first-order valence-corrected chi connectivity index (χ1v) is 8.21. The number of amides is 1. The number of anilines is 1. The van der Waals surface area contributed by atoms with Gasteiger partial charge in [0.1, 0.15) is 0 Å². The molecule has 1 amide bonds. The second-order valence-corrected chi connectivity index (χ2v) is 6.06. The summed E-state index contributed by atoms with van der Waals surface area (Å²) in [7, 11) is 0. The van der Waals surface area contributed by atoms with Crippen LogP contribution in [0.2, 0.25) is 0 Å². The summed E-state index contributed by atoms with van der Waals surface area (Å²) >= 11 is 0. The lowest BCUT2D eigenvalue weighted by molar-refractivity contribution is -0.137. The summed E-state index contributed by atoms with van der Waals surface area (Å²) in [5, 5.41) is 2.87. The summed E-state index contributed by atoms with van der Waals surface area (Å²) < 4.78 is 38.2. The number of carbonyl (C=O) groups excluding carboxylic acids is 1. The molecule has 1 aliphatic carbocycles. The highest BCUT2D eigenvalue weighted by Crippen LogP contribution is 2.35. The van der Waals surface area contributed by atoms with E-state index in [1.165, 1.54) is 12.1 Å². The minimum atomic E-state index is -4.35. The van der Waals surface area contributed by atoms with Crippen molar-refractivity contribution < 1.29 is 18.0 Å². The highest BCUT2D eigenvalue weighted by atomic mass is 19.4. The number of halogens is 3. The molecule has 25 heavy (non-hydrogen) atoms. The zero-order chi connectivity index (χ0) is 17.9. The number of carbonyl (C=O) groups is 1. The van der Waals surface area contributed by atoms with Gasteiger partial charge in [-0.1, -0.05) is 30.3 Å². The highest BCUT2D eigenvalue weighted by molar-refractivity contribution is 6.09. The smallest absolute Gasteiger partial charge is 0.322 e. The van der Waals surface area contributed by atoms with Gasteiger partial charge >= 0.3 is 6.18 Å². The van der Waals surface area contributed by atoms with E-state index in [0.717, 1.165) is 30.5 Å². The minimum absolute atomic E-state index is 0.180. The van der Waals surface area contributed by atoms with Gasteiger partial charge in [0.05, 0.1) is 5.56 Å². The third-order valence-electron chi connectivity index (χ3n) is 4.33. The molecule has 0 unspecified atom stereocenters. The highest BCUT2D eigenvalue weighted by Gasteiger charge is 2.30. The molecule has 0 saturated carbocycles. The molecule has 3 rings (SSSR count). The Bertz CT molecular complexity index is 777. The number of hydrogen-bond donors (Lipinski definition) is 1. The van der Waals surface area contributed by atoms with Crippen LogP contribution < -0.4 is 5.32 Å². The Kier molecular flexibility index (Phi) is 4.93. The number of nitrogens with one attached hydrogen (secondary N) is 1. The monoisotopic (exact) mass is 345 g/mol. The predicted molar refractivity (Wildman–Crippen MR) is 91.9 cm³/mol. The van der Waals surface area contributed by atoms with Crippen molar-refractivity contribution in [3.05, 3.63) is 71.3 Å². The first-order valence-electron chi connectivity index (χ1n) is 8.21. The standard InChI is InChI=1S/C20H18F3NO/c21-20(22,23)15-12-10-14(11-13-15)17-8-4-5-9-18(17)19(25)24-16-6-2-1-3-7-16/h1-3,6-7,10-13H,4-5,8-9H2,(H,24,25). The number of alkyl halides is 3. The maximum absolute atomic E-state index is 12.7. The van der Waals surface area contributed by atoms with Crippen LogP contribution in [0.3, 0.4) is 0 Å². The third-order valence-corrected chi connectivity index (χ3v) is 4.33. The topological polar surface area (TPSA) is 29.1 Å². The molecule has 1 N–H and O–H groups in total. The van der Waals surface area contributed by atoms with E-state index in [9.17, 15) is 18.0 Å². The molecular weight excluding hydrogens is 327 g/mol. The number of hydrogen-bond acceptors (Lipinski definition) is 1. The first-order chi connectivity index (χ1) is 11.9. The molecule has 0 aliphatic heterocycles. The van der Waals surface area contributed by atoms with Gasteiger partial charge in [-0.15, -0.1) is 0 Å². The quantitative estimate of drug-likeness (QED) is 0.763. The summed E-state index contributed by atoms with van der Waals surface area (Å²) in [6, 6.07) is 14.2. The summed E-state index contributed by atoms with van der Waals surface area (Å²) in [5.41, 5.74) is 2.22. The molecule has 2 nitrogen and oxygen atoms in total. The second-order valence-electron chi connectivity index (χ2n) is 6.06. The van der Waals surface area contributed by atoms with Crippen molar-refractivity contribution in [2.75, 3.05) is 5.32 Å². The van der Waals surface area contributed by atoms with E-state index in [-0.39, 0.29) is 5.91 Å². The van der Waals surface area contributed by atoms with Gasteiger partial charge in [-0.05, 0) is 61.1 Å². The largest absolute Gasteiger partial charge is 0.416 e. The molecule has 0 atom stereocenters. The number of allylic oxidation sites excluding steroid dienone is 1. The van der Waals surface area contributed by atoms with Crippen LogP contribution in [0.1, 0.15) is 36.8 Å². The van der Waals surface area contributed by atoms with Gasteiger partial charge in [-0.3, -0.25) is 4.79 Å². The summed E-state index contributed by atoms with van der Waals surface area (Å²) in [4.78, 5) is 12.6. The lowest BCUT2D eigenvalue weighted by atomic mass is 9.86. The molecule has 130 valence electrons. The lowest BCUT2D eigenvalue weighted by Gasteiger charge is -2.21. The van der Waals surface area contributed by atoms with Crippen LogP contribution >= 0.6 is 0 Å². The van der Waals surface area contributed by atoms with Crippen LogP contribution in [-0.4, -0.2) is 5.91 Å². The molecule has 2 aromatic carbocycles. The van der Waals surface area contributed by atoms with Crippen LogP contribution in [0, 0.1) is 0 Å². The summed E-state index contributed by atoms with van der Waals surface area (Å²) in [5.74, 6) is -0.180. The zero-order valence-corrected chi connectivity index (χ0v) is 13.6. The molecule has 0 radical (unpaired) electrons. The lowest BCUT2D eigenvalue weighted by Crippen LogP contribution is -2.18. The van der Waals surface area contributed by atoms with Gasteiger partial charge in [0.25, 0.3) is 5.91 Å². The van der Waals surface area contributed by atoms with Crippen molar-refractivity contribution in [2.45, 2.75) is 31.9 Å². The average Bonchev–Trinajstić information content (AvgIpc) is 2.62. The van der Waals surface area contributed by atoms with Crippen LogP contribution in [0.25, 0.3) is 5.57 Å². The van der Waals surface area contributed by atoms with Gasteiger partial charge in [-0.2, -0.15) is 13.2 Å². The second kappa shape index (κ2) is 7.13. The van der Waals surface area contributed by atoms with E-state index in [0.29, 0.717) is 29.7 Å². The van der Waals surface area contributed by atoms with E-state index in [1.807, 2.05) is 18.2 Å². The fourth-order valence-corrected chi connectivity index (χ4v) is 3.06. The molecule has 0 heterocycles. The van der Waals surface area contributed by atoms with E-state index < -0.39 is 11.7 Å². The Morgan fingerprint density at radius 2 is 1.52 bits per heavy atom. The molecule has 1 aliphatic rings. The van der Waals surface area contributed by atoms with Crippen molar-refractivity contribution in [3.8, 4) is 0 Å². The Morgan fingerprint density at radius 1 is 0.880 bits per heavy atom. The summed E-state index contributed by atoms with van der Waals surface area (Å²) in [6.07, 6.45) is -1.19. The molecule has 0 spiro atoms. The predicted octanol–water partition coefficient (Wildman–Crippen LogP) is 5.67. The van der Waals surface area contributed by atoms with Crippen LogP contribution in [0.15, 0.2) is 60.2 Å². The molecule has 5 heteroatoms. The maximum atomic E-state index is 12.7. The fourth-order valence-electron chi connectivity index (χ4n) is 3.06. The van der Waals surface area contributed by atoms with Gasteiger partial charge in [-0.25, -0.2) is 0 Å². The van der Waals surface area contributed by atoms with Crippen molar-refractivity contribution in [1.82, 2.24) is 0 Å². The molecule has 0 fully saturated rings. The Labute approximate surface area is 144 Å². The maximum Gasteiger partial charge on any atom is 0.416 e. The number of benzene rings is 2. The normalized spacial score (nSPS) is 15.2. The van der Waals surface area contributed by atoms with Crippen LogP contribution in [-0.2, 0) is 11.0 Å². The average molecular weight is 345 g/mol. The molecule has 0 bridgehead atoms. The zero-order valence-electron chi connectivity index (χ0n) is 13.6. The third kappa shape index (κ3) is 4.10. The first kappa shape index (κ1) is 17.3. The van der Waals surface area contributed by atoms with Crippen molar-refractivity contribution in [1.29, 1.82) is 0 Å². The summed E-state index contributed by atoms with van der Waals surface area (Å²) in [6.45, 7) is 0. The molecule has 0 saturated heterocycles. The Hall–Kier alpha value is -2.56. The fraction of sp³-hybridized carbons (Fsp3) is 0.250. The number of rotatable bonds is 3. The Balaban J connectivity index is 1.89. The molecule has 0 aromatic heterocycles. The van der Waals surface area contributed by atoms with E-state index >= 15 is 0 Å². The van der Waals surface area contributed by atoms with E-state index in [2.05, 4.69) is 5.32 Å². The van der Waals surface area contributed by atoms with Crippen LogP contribution in [0.4, 0.5) is 18.9 Å². The van der Waals surface area contributed by atoms with Crippen molar-refractivity contribution in [3.63, 3.8) is 0 Å². The van der Waals surface area contributed by atoms with Gasteiger partial charge < -0.3 is 5.32 Å². The van der Waals surface area contributed by atoms with Gasteiger partial charge in [0.15, 0.2) is 0 Å². The van der Waals surface area contributed by atoms with Gasteiger partial charge in [0.2, 0.25) is 0 Å². The molecular formula is C20H18F3NO. The van der Waals surface area contributed by atoms with Crippen molar-refractivity contribution >= 4 is 17.2 Å². The minimum Gasteiger partial charge on any atom is -0.322 e. The SMILES string of the molecule is O=C(Nc1ccccc1)C1=C(c2ccc(C(F)(F)F)cc2)CCCC1. The molecule has 2 aromatic rings.